The normalized spacial score (nSPS) is 17.5. The predicted molar refractivity (Wildman–Crippen MR) is 88.2 cm³/mol. The highest BCUT2D eigenvalue weighted by Gasteiger charge is 2.25. The van der Waals surface area contributed by atoms with E-state index in [2.05, 4.69) is 42.3 Å². The molecule has 0 saturated heterocycles. The first-order chi connectivity index (χ1) is 10.1. The summed E-state index contributed by atoms with van der Waals surface area (Å²) in [4.78, 5) is 10.0. The monoisotopic (exact) mass is 410 g/mol. The van der Waals surface area contributed by atoms with Crippen LogP contribution in [0.15, 0.2) is 50.3 Å². The lowest BCUT2D eigenvalue weighted by Crippen LogP contribution is -2.19. The Morgan fingerprint density at radius 1 is 1.24 bits per heavy atom. The van der Waals surface area contributed by atoms with Crippen LogP contribution in [0.1, 0.15) is 22.9 Å². The van der Waals surface area contributed by atoms with Crippen molar-refractivity contribution in [1.82, 2.24) is 5.48 Å². The molecule has 2 N–H and O–H groups in total. The molecule has 0 unspecified atom stereocenters. The third kappa shape index (κ3) is 2.84. The van der Waals surface area contributed by atoms with Crippen LogP contribution in [0.5, 0.6) is 5.75 Å². The molecule has 0 fully saturated rings. The summed E-state index contributed by atoms with van der Waals surface area (Å²) < 4.78 is 1.43. The number of nitrogens with zero attached hydrogens (tertiary/aromatic N) is 1. The van der Waals surface area contributed by atoms with Gasteiger partial charge in [-0.05, 0) is 40.5 Å². The second-order valence-electron chi connectivity index (χ2n) is 4.69. The standard InChI is InChI=1S/C15H12Br2N2O2/c1-8-4-2-3-5-10(8)14-18-15(21-19-14)11-6-9(16)7-12(17)13(11)20/h2-7,15,20H,1H3,(H,18,19)/t15-/m1/s1. The number of nitrogens with one attached hydrogen (secondary N) is 1. The fourth-order valence-electron chi connectivity index (χ4n) is 2.15. The van der Waals surface area contributed by atoms with Gasteiger partial charge in [-0.15, -0.1) is 0 Å². The van der Waals surface area contributed by atoms with Gasteiger partial charge in [0.2, 0.25) is 6.23 Å². The average Bonchev–Trinajstić information content (AvgIpc) is 2.92. The van der Waals surface area contributed by atoms with Gasteiger partial charge in [0.25, 0.3) is 0 Å². The third-order valence-corrected chi connectivity index (χ3v) is 4.30. The summed E-state index contributed by atoms with van der Waals surface area (Å²) in [6, 6.07) is 11.5. The van der Waals surface area contributed by atoms with Gasteiger partial charge in [-0.1, -0.05) is 40.2 Å². The van der Waals surface area contributed by atoms with E-state index in [-0.39, 0.29) is 5.75 Å². The number of halogens is 2. The highest BCUT2D eigenvalue weighted by atomic mass is 79.9. The number of hydroxylamine groups is 1. The van der Waals surface area contributed by atoms with Crippen molar-refractivity contribution in [2.75, 3.05) is 0 Å². The van der Waals surface area contributed by atoms with Gasteiger partial charge >= 0.3 is 0 Å². The summed E-state index contributed by atoms with van der Waals surface area (Å²) in [6.07, 6.45) is -0.589. The topological polar surface area (TPSA) is 53.9 Å². The van der Waals surface area contributed by atoms with E-state index in [1.54, 1.807) is 12.1 Å². The van der Waals surface area contributed by atoms with E-state index in [1.165, 1.54) is 0 Å². The molecule has 0 spiro atoms. The lowest BCUT2D eigenvalue weighted by molar-refractivity contribution is 0.0362. The van der Waals surface area contributed by atoms with Gasteiger partial charge in [0, 0.05) is 15.6 Å². The summed E-state index contributed by atoms with van der Waals surface area (Å²) >= 11 is 6.71. The van der Waals surface area contributed by atoms with Crippen molar-refractivity contribution in [3.63, 3.8) is 0 Å². The summed E-state index contributed by atoms with van der Waals surface area (Å²) in [5, 5.41) is 10.1. The molecule has 0 radical (unpaired) electrons. The predicted octanol–water partition coefficient (Wildman–Crippen LogP) is 4.21. The summed E-state index contributed by atoms with van der Waals surface area (Å²) in [6.45, 7) is 2.01. The third-order valence-electron chi connectivity index (χ3n) is 3.24. The molecule has 3 rings (SSSR count). The lowest BCUT2D eigenvalue weighted by Gasteiger charge is -2.10. The van der Waals surface area contributed by atoms with Crippen LogP contribution in [-0.4, -0.2) is 10.9 Å². The van der Waals surface area contributed by atoms with Crippen molar-refractivity contribution in [2.24, 2.45) is 4.99 Å². The molecule has 4 nitrogen and oxygen atoms in total. The van der Waals surface area contributed by atoms with Gasteiger partial charge in [0.1, 0.15) is 5.75 Å². The molecule has 1 heterocycles. The summed E-state index contributed by atoms with van der Waals surface area (Å²) in [7, 11) is 0. The number of hydrogen-bond acceptors (Lipinski definition) is 4. The van der Waals surface area contributed by atoms with Gasteiger partial charge in [-0.3, -0.25) is 0 Å². The minimum atomic E-state index is -0.589. The Hall–Kier alpha value is -1.37. The SMILES string of the molecule is Cc1ccccc1C1=N[C@@H](c2cc(Br)cc(Br)c2O)ON1. The molecule has 0 aromatic heterocycles. The molecule has 1 aliphatic rings. The molecule has 2 aromatic rings. The van der Waals surface area contributed by atoms with Crippen molar-refractivity contribution in [3.8, 4) is 5.75 Å². The largest absolute Gasteiger partial charge is 0.506 e. The molecular formula is C15H12Br2N2O2. The van der Waals surface area contributed by atoms with Gasteiger partial charge < -0.3 is 5.11 Å². The van der Waals surface area contributed by atoms with Crippen LogP contribution < -0.4 is 5.48 Å². The van der Waals surface area contributed by atoms with Gasteiger partial charge in [-0.2, -0.15) is 0 Å². The number of phenols is 1. The quantitative estimate of drug-likeness (QED) is 0.778. The Labute approximate surface area is 139 Å². The van der Waals surface area contributed by atoms with Crippen LogP contribution in [0, 0.1) is 6.92 Å². The van der Waals surface area contributed by atoms with Crippen molar-refractivity contribution < 1.29 is 9.94 Å². The second-order valence-corrected chi connectivity index (χ2v) is 6.46. The van der Waals surface area contributed by atoms with Crippen LogP contribution in [0.3, 0.4) is 0 Å². The number of amidine groups is 1. The van der Waals surface area contributed by atoms with E-state index in [0.717, 1.165) is 15.6 Å². The number of benzene rings is 2. The van der Waals surface area contributed by atoms with Crippen molar-refractivity contribution >= 4 is 37.7 Å². The van der Waals surface area contributed by atoms with Crippen LogP contribution >= 0.6 is 31.9 Å². The minimum absolute atomic E-state index is 0.125. The maximum atomic E-state index is 10.1. The first kappa shape index (κ1) is 14.6. The number of phenolic OH excluding ortho intramolecular Hbond substituents is 1. The first-order valence-electron chi connectivity index (χ1n) is 6.29. The highest BCUT2D eigenvalue weighted by molar-refractivity contribution is 9.11. The van der Waals surface area contributed by atoms with Gasteiger partial charge in [-0.25, -0.2) is 15.3 Å². The van der Waals surface area contributed by atoms with Crippen LogP contribution in [0.2, 0.25) is 0 Å². The smallest absolute Gasteiger partial charge is 0.206 e. The van der Waals surface area contributed by atoms with E-state index >= 15 is 0 Å². The molecule has 6 heteroatoms. The molecule has 21 heavy (non-hydrogen) atoms. The molecule has 0 bridgehead atoms. The summed E-state index contributed by atoms with van der Waals surface area (Å²) in [5.41, 5.74) is 5.51. The minimum Gasteiger partial charge on any atom is -0.506 e. The van der Waals surface area contributed by atoms with Crippen LogP contribution in [0.4, 0.5) is 0 Å². The zero-order valence-corrected chi connectivity index (χ0v) is 14.3. The zero-order valence-electron chi connectivity index (χ0n) is 11.1. The Kier molecular flexibility index (Phi) is 4.01. The Bertz CT molecular complexity index is 732. The number of aryl methyl sites for hydroxylation is 1. The van der Waals surface area contributed by atoms with Gasteiger partial charge in [0.15, 0.2) is 5.84 Å². The number of rotatable bonds is 2. The van der Waals surface area contributed by atoms with Crippen molar-refractivity contribution in [1.29, 1.82) is 0 Å². The number of aliphatic imine (C=N–C) groups is 1. The molecular weight excluding hydrogens is 400 g/mol. The highest BCUT2D eigenvalue weighted by Crippen LogP contribution is 2.38. The van der Waals surface area contributed by atoms with Crippen molar-refractivity contribution in [2.45, 2.75) is 13.2 Å². The maximum Gasteiger partial charge on any atom is 0.206 e. The van der Waals surface area contributed by atoms with Crippen molar-refractivity contribution in [3.05, 3.63) is 62.0 Å². The molecule has 108 valence electrons. The molecule has 0 aliphatic carbocycles. The van der Waals surface area contributed by atoms with Crippen LogP contribution in [0.25, 0.3) is 0 Å². The number of aromatic hydroxyl groups is 1. The second kappa shape index (κ2) is 5.79. The van der Waals surface area contributed by atoms with E-state index in [1.807, 2.05) is 31.2 Å². The Morgan fingerprint density at radius 3 is 2.76 bits per heavy atom. The molecule has 2 aromatic carbocycles. The van der Waals surface area contributed by atoms with E-state index in [0.29, 0.717) is 15.9 Å². The van der Waals surface area contributed by atoms with E-state index < -0.39 is 6.23 Å². The van der Waals surface area contributed by atoms with E-state index in [4.69, 9.17) is 4.84 Å². The summed E-state index contributed by atoms with van der Waals surface area (Å²) in [5.74, 6) is 0.786. The average molecular weight is 412 g/mol. The van der Waals surface area contributed by atoms with Crippen LogP contribution in [-0.2, 0) is 4.84 Å². The number of hydrogen-bond donors (Lipinski definition) is 2. The Balaban J connectivity index is 1.99. The molecule has 0 amide bonds. The molecule has 1 atom stereocenters. The molecule has 0 saturated carbocycles. The van der Waals surface area contributed by atoms with Gasteiger partial charge in [0.05, 0.1) is 4.47 Å². The maximum absolute atomic E-state index is 10.1. The molecule has 1 aliphatic heterocycles. The Morgan fingerprint density at radius 2 is 2.00 bits per heavy atom. The first-order valence-corrected chi connectivity index (χ1v) is 7.88. The zero-order chi connectivity index (χ0) is 15.0. The van der Waals surface area contributed by atoms with E-state index in [9.17, 15) is 5.11 Å². The lowest BCUT2D eigenvalue weighted by atomic mass is 10.1. The fraction of sp³-hybridized carbons (Fsp3) is 0.133. The fourth-order valence-corrected chi connectivity index (χ4v) is 3.41.